The van der Waals surface area contributed by atoms with Crippen LogP contribution in [0.1, 0.15) is 6.92 Å². The van der Waals surface area contributed by atoms with E-state index in [0.717, 1.165) is 0 Å². The lowest BCUT2D eigenvalue weighted by Crippen LogP contribution is -2.45. The van der Waals surface area contributed by atoms with Crippen molar-refractivity contribution in [2.24, 2.45) is 0 Å². The van der Waals surface area contributed by atoms with E-state index < -0.39 is 0 Å². The van der Waals surface area contributed by atoms with Gasteiger partial charge in [-0.05, 0) is 6.92 Å². The highest BCUT2D eigenvalue weighted by atomic mass is 32.2. The fraction of sp³-hybridized carbons (Fsp3) is 0.765. The van der Waals surface area contributed by atoms with E-state index in [4.69, 9.17) is 14.6 Å². The second-order valence-electron chi connectivity index (χ2n) is 6.71. The normalized spacial score (nSPS) is 18.4. The van der Waals surface area contributed by atoms with Crippen molar-refractivity contribution < 1.29 is 19.4 Å². The minimum absolute atomic E-state index is 0.0391. The first kappa shape index (κ1) is 21.8. The van der Waals surface area contributed by atoms with E-state index in [9.17, 15) is 4.79 Å². The standard InChI is InChI=1S/C17H29N7O4S/c1-13(29-12-7-25)14(26)21-22(2)15-18-16(23-3-8-27-9-4-23)20-17(19-15)24-5-10-28-11-6-24/h13,25H,3-12H2,1-2H3,(H,21,26)/t13-/m1/s1. The Balaban J connectivity index is 1.78. The average molecular weight is 428 g/mol. The van der Waals surface area contributed by atoms with E-state index in [2.05, 4.69) is 30.2 Å². The molecule has 0 saturated carbocycles. The van der Waals surface area contributed by atoms with Gasteiger partial charge in [0.2, 0.25) is 11.9 Å². The molecule has 3 heterocycles. The summed E-state index contributed by atoms with van der Waals surface area (Å²) >= 11 is 1.39. The van der Waals surface area contributed by atoms with Crippen LogP contribution >= 0.6 is 11.8 Å². The predicted molar refractivity (Wildman–Crippen MR) is 111 cm³/mol. The number of aromatic nitrogens is 3. The van der Waals surface area contributed by atoms with Crippen LogP contribution in [0.2, 0.25) is 0 Å². The molecule has 162 valence electrons. The van der Waals surface area contributed by atoms with Crippen molar-refractivity contribution in [2.75, 3.05) is 86.8 Å². The van der Waals surface area contributed by atoms with E-state index in [-0.39, 0.29) is 17.8 Å². The number of thioether (sulfide) groups is 1. The van der Waals surface area contributed by atoms with Crippen LogP contribution in [0.3, 0.4) is 0 Å². The maximum absolute atomic E-state index is 12.4. The van der Waals surface area contributed by atoms with Crippen LogP contribution in [0.5, 0.6) is 0 Å². The van der Waals surface area contributed by atoms with Crippen LogP contribution in [0.15, 0.2) is 0 Å². The van der Waals surface area contributed by atoms with Crippen LogP contribution in [0, 0.1) is 0 Å². The lowest BCUT2D eigenvalue weighted by Gasteiger charge is -2.31. The van der Waals surface area contributed by atoms with Gasteiger partial charge in [0.25, 0.3) is 11.9 Å². The number of hydrogen-bond acceptors (Lipinski definition) is 11. The van der Waals surface area contributed by atoms with Gasteiger partial charge in [0.15, 0.2) is 0 Å². The zero-order valence-corrected chi connectivity index (χ0v) is 17.7. The molecule has 1 aromatic heterocycles. The molecule has 29 heavy (non-hydrogen) atoms. The fourth-order valence-corrected chi connectivity index (χ4v) is 3.58. The van der Waals surface area contributed by atoms with Crippen LogP contribution in [0.25, 0.3) is 0 Å². The third kappa shape index (κ3) is 6.04. The molecule has 11 nitrogen and oxygen atoms in total. The predicted octanol–water partition coefficient (Wildman–Crippen LogP) is -0.874. The van der Waals surface area contributed by atoms with Gasteiger partial charge in [-0.25, -0.2) is 0 Å². The van der Waals surface area contributed by atoms with E-state index >= 15 is 0 Å². The Morgan fingerprint density at radius 2 is 1.62 bits per heavy atom. The number of anilines is 3. The summed E-state index contributed by atoms with van der Waals surface area (Å²) < 4.78 is 10.9. The molecule has 1 amide bonds. The molecule has 0 spiro atoms. The Labute approximate surface area is 174 Å². The Kier molecular flexibility index (Phi) is 8.09. The van der Waals surface area contributed by atoms with E-state index in [0.29, 0.717) is 76.2 Å². The molecule has 0 bridgehead atoms. The highest BCUT2D eigenvalue weighted by Crippen LogP contribution is 2.20. The lowest BCUT2D eigenvalue weighted by molar-refractivity contribution is -0.120. The second kappa shape index (κ2) is 10.8. The van der Waals surface area contributed by atoms with E-state index in [1.165, 1.54) is 16.8 Å². The molecule has 0 unspecified atom stereocenters. The average Bonchev–Trinajstić information content (AvgIpc) is 2.78. The summed E-state index contributed by atoms with van der Waals surface area (Å²) in [7, 11) is 1.71. The van der Waals surface area contributed by atoms with Gasteiger partial charge in [0.1, 0.15) is 0 Å². The fourth-order valence-electron chi connectivity index (χ4n) is 2.91. The van der Waals surface area contributed by atoms with Gasteiger partial charge in [-0.3, -0.25) is 15.2 Å². The highest BCUT2D eigenvalue weighted by Gasteiger charge is 2.23. The molecule has 2 N–H and O–H groups in total. The Morgan fingerprint density at radius 1 is 1.10 bits per heavy atom. The van der Waals surface area contributed by atoms with Crippen molar-refractivity contribution in [3.05, 3.63) is 0 Å². The monoisotopic (exact) mass is 427 g/mol. The van der Waals surface area contributed by atoms with Gasteiger partial charge in [0.05, 0.1) is 38.3 Å². The highest BCUT2D eigenvalue weighted by molar-refractivity contribution is 8.00. The van der Waals surface area contributed by atoms with E-state index in [1.807, 2.05) is 0 Å². The van der Waals surface area contributed by atoms with Crippen molar-refractivity contribution in [3.63, 3.8) is 0 Å². The van der Waals surface area contributed by atoms with Crippen molar-refractivity contribution >= 4 is 35.5 Å². The van der Waals surface area contributed by atoms with E-state index in [1.54, 1.807) is 14.0 Å². The molecule has 0 radical (unpaired) electrons. The minimum Gasteiger partial charge on any atom is -0.396 e. The van der Waals surface area contributed by atoms with Gasteiger partial charge in [-0.1, -0.05) is 0 Å². The summed E-state index contributed by atoms with van der Waals surface area (Å²) in [5.74, 6) is 1.85. The molecule has 2 aliphatic heterocycles. The first-order chi connectivity index (χ1) is 14.1. The number of carbonyl (C=O) groups excluding carboxylic acids is 1. The lowest BCUT2D eigenvalue weighted by atomic mass is 10.4. The summed E-state index contributed by atoms with van der Waals surface area (Å²) in [5, 5.41) is 10.2. The number of nitrogens with one attached hydrogen (secondary N) is 1. The quantitative estimate of drug-likeness (QED) is 0.504. The third-order valence-electron chi connectivity index (χ3n) is 4.59. The van der Waals surface area contributed by atoms with Crippen LogP contribution in [-0.2, 0) is 14.3 Å². The number of hydrogen-bond donors (Lipinski definition) is 2. The first-order valence-corrected chi connectivity index (χ1v) is 10.8. The van der Waals surface area contributed by atoms with Crippen molar-refractivity contribution in [1.82, 2.24) is 20.4 Å². The zero-order chi connectivity index (χ0) is 20.6. The molecule has 1 atom stereocenters. The number of amides is 1. The SMILES string of the molecule is C[C@@H](SCCO)C(=O)NN(C)c1nc(N2CCOCC2)nc(N2CCOCC2)n1. The molecule has 0 aromatic carbocycles. The number of rotatable bonds is 8. The summed E-state index contributed by atoms with van der Waals surface area (Å²) in [6.45, 7) is 7.16. The molecule has 2 aliphatic rings. The van der Waals surface area contributed by atoms with Gasteiger partial charge in [-0.15, -0.1) is 11.8 Å². The van der Waals surface area contributed by atoms with Gasteiger partial charge < -0.3 is 24.4 Å². The number of aliphatic hydroxyl groups excluding tert-OH is 1. The Bertz CT molecular complexity index is 635. The second-order valence-corrected chi connectivity index (χ2v) is 8.15. The smallest absolute Gasteiger partial charge is 0.251 e. The number of carbonyl (C=O) groups is 1. The number of nitrogens with zero attached hydrogens (tertiary/aromatic N) is 6. The maximum Gasteiger partial charge on any atom is 0.251 e. The summed E-state index contributed by atoms with van der Waals surface area (Å²) in [6, 6.07) is 0. The third-order valence-corrected chi connectivity index (χ3v) is 5.73. The summed E-state index contributed by atoms with van der Waals surface area (Å²) in [5.41, 5.74) is 2.82. The van der Waals surface area contributed by atoms with Crippen LogP contribution in [-0.4, -0.2) is 103 Å². The number of ether oxygens (including phenoxy) is 2. The molecule has 12 heteroatoms. The number of hydrazine groups is 1. The first-order valence-electron chi connectivity index (χ1n) is 9.76. The Hall–Kier alpha value is -1.89. The molecular formula is C17H29N7O4S. The van der Waals surface area contributed by atoms with Crippen molar-refractivity contribution in [2.45, 2.75) is 12.2 Å². The molecule has 3 rings (SSSR count). The molecule has 0 aliphatic carbocycles. The number of aliphatic hydroxyl groups is 1. The molecule has 2 saturated heterocycles. The number of morpholine rings is 2. The van der Waals surface area contributed by atoms with Gasteiger partial charge in [0, 0.05) is 39.0 Å². The van der Waals surface area contributed by atoms with Gasteiger partial charge >= 0.3 is 0 Å². The zero-order valence-electron chi connectivity index (χ0n) is 16.9. The molecule has 1 aromatic rings. The molecule has 2 fully saturated rings. The molecular weight excluding hydrogens is 398 g/mol. The van der Waals surface area contributed by atoms with Crippen molar-refractivity contribution in [3.8, 4) is 0 Å². The van der Waals surface area contributed by atoms with Crippen molar-refractivity contribution in [1.29, 1.82) is 0 Å². The summed E-state index contributed by atoms with van der Waals surface area (Å²) in [4.78, 5) is 30.4. The Morgan fingerprint density at radius 3 is 2.10 bits per heavy atom. The largest absolute Gasteiger partial charge is 0.396 e. The summed E-state index contributed by atoms with van der Waals surface area (Å²) in [6.07, 6.45) is 0. The van der Waals surface area contributed by atoms with Gasteiger partial charge in [-0.2, -0.15) is 15.0 Å². The minimum atomic E-state index is -0.302. The van der Waals surface area contributed by atoms with Crippen LogP contribution < -0.4 is 20.2 Å². The maximum atomic E-state index is 12.4. The van der Waals surface area contributed by atoms with Crippen LogP contribution in [0.4, 0.5) is 17.8 Å². The topological polar surface area (TPSA) is 116 Å².